The molecule has 0 unspecified atom stereocenters. The number of hydrogen-bond acceptors (Lipinski definition) is 5. The van der Waals surface area contributed by atoms with Crippen molar-refractivity contribution in [3.63, 3.8) is 0 Å². The molecule has 1 heterocycles. The molecule has 0 bridgehead atoms. The number of amides is 1. The number of aromatic nitrogens is 1. The lowest BCUT2D eigenvalue weighted by Gasteiger charge is -2.11. The van der Waals surface area contributed by atoms with Crippen molar-refractivity contribution in [1.82, 2.24) is 4.98 Å². The number of thiazole rings is 1. The van der Waals surface area contributed by atoms with Crippen LogP contribution in [0.1, 0.15) is 15.9 Å². The van der Waals surface area contributed by atoms with Crippen molar-refractivity contribution in [2.75, 3.05) is 18.2 Å². The van der Waals surface area contributed by atoms with E-state index in [4.69, 9.17) is 10.5 Å². The van der Waals surface area contributed by atoms with Crippen LogP contribution in [0.4, 0.5) is 10.8 Å². The van der Waals surface area contributed by atoms with Gasteiger partial charge in [-0.1, -0.05) is 35.6 Å². The summed E-state index contributed by atoms with van der Waals surface area (Å²) in [6, 6.07) is 15.4. The molecule has 0 atom stereocenters. The van der Waals surface area contributed by atoms with Gasteiger partial charge in [-0.05, 0) is 47.5 Å². The molecule has 0 spiro atoms. The van der Waals surface area contributed by atoms with Crippen LogP contribution in [0.3, 0.4) is 0 Å². The van der Waals surface area contributed by atoms with E-state index < -0.39 is 0 Å². The largest absolute Gasteiger partial charge is 0.496 e. The first-order chi connectivity index (χ1) is 12.5. The second kappa shape index (κ2) is 6.31. The quantitative estimate of drug-likeness (QED) is 0.558. The summed E-state index contributed by atoms with van der Waals surface area (Å²) in [6.45, 7) is 1.95. The lowest BCUT2D eigenvalue weighted by molar-refractivity contribution is 0.102. The number of ether oxygens (including phenoxy) is 1. The molecule has 1 aromatic heterocycles. The first kappa shape index (κ1) is 16.4. The second-order valence-corrected chi connectivity index (χ2v) is 7.11. The van der Waals surface area contributed by atoms with E-state index in [2.05, 4.69) is 10.3 Å². The Hall–Kier alpha value is -3.12. The summed E-state index contributed by atoms with van der Waals surface area (Å²) in [6.07, 6.45) is 0. The first-order valence-corrected chi connectivity index (χ1v) is 8.91. The van der Waals surface area contributed by atoms with E-state index in [0.717, 1.165) is 26.6 Å². The minimum Gasteiger partial charge on any atom is -0.496 e. The zero-order chi connectivity index (χ0) is 18.3. The summed E-state index contributed by atoms with van der Waals surface area (Å²) in [4.78, 5) is 17.2. The van der Waals surface area contributed by atoms with Gasteiger partial charge in [0.2, 0.25) is 0 Å². The summed E-state index contributed by atoms with van der Waals surface area (Å²) in [5.74, 6) is 0.324. The number of nitrogens with zero attached hydrogens (tertiary/aromatic N) is 1. The van der Waals surface area contributed by atoms with Crippen LogP contribution in [0, 0.1) is 6.92 Å². The molecule has 26 heavy (non-hydrogen) atoms. The molecular weight excluding hydrogens is 346 g/mol. The molecule has 4 aromatic rings. The minimum atomic E-state index is -0.219. The fourth-order valence-electron chi connectivity index (χ4n) is 3.05. The van der Waals surface area contributed by atoms with Gasteiger partial charge in [-0.15, -0.1) is 0 Å². The van der Waals surface area contributed by atoms with Gasteiger partial charge in [-0.25, -0.2) is 4.98 Å². The normalized spacial score (nSPS) is 11.0. The van der Waals surface area contributed by atoms with Crippen LogP contribution in [0.5, 0.6) is 5.75 Å². The SMILES string of the molecule is COc1cc2ccccc2cc1C(=O)Nc1cc(C)c2nc(N)sc2c1. The molecule has 1 amide bonds. The average Bonchev–Trinajstić information content (AvgIpc) is 3.01. The van der Waals surface area contributed by atoms with Gasteiger partial charge < -0.3 is 15.8 Å². The molecule has 3 aromatic carbocycles. The maximum Gasteiger partial charge on any atom is 0.259 e. The van der Waals surface area contributed by atoms with Crippen molar-refractivity contribution < 1.29 is 9.53 Å². The molecule has 4 rings (SSSR count). The Morgan fingerprint density at radius 2 is 1.88 bits per heavy atom. The second-order valence-electron chi connectivity index (χ2n) is 6.05. The Morgan fingerprint density at radius 3 is 2.62 bits per heavy atom. The van der Waals surface area contributed by atoms with E-state index in [1.807, 2.05) is 55.5 Å². The standard InChI is InChI=1S/C20H17N3O2S/c1-11-7-14(10-17-18(11)23-20(21)26-17)22-19(24)15-8-12-5-3-4-6-13(12)9-16(15)25-2/h3-10H,1-2H3,(H2,21,23)(H,22,24). The number of methoxy groups -OCH3 is 1. The van der Waals surface area contributed by atoms with E-state index in [9.17, 15) is 4.79 Å². The highest BCUT2D eigenvalue weighted by Crippen LogP contribution is 2.31. The number of carbonyl (C=O) groups is 1. The summed E-state index contributed by atoms with van der Waals surface area (Å²) in [5.41, 5.74) is 8.83. The zero-order valence-corrected chi connectivity index (χ0v) is 15.2. The Morgan fingerprint density at radius 1 is 1.15 bits per heavy atom. The number of anilines is 2. The molecule has 0 radical (unpaired) electrons. The van der Waals surface area contributed by atoms with Crippen molar-refractivity contribution >= 4 is 49.1 Å². The van der Waals surface area contributed by atoms with Crippen LogP contribution >= 0.6 is 11.3 Å². The maximum atomic E-state index is 12.9. The van der Waals surface area contributed by atoms with Crippen molar-refractivity contribution in [2.45, 2.75) is 6.92 Å². The fourth-order valence-corrected chi connectivity index (χ4v) is 3.90. The number of carbonyl (C=O) groups excluding carboxylic acids is 1. The van der Waals surface area contributed by atoms with E-state index in [-0.39, 0.29) is 5.91 Å². The molecule has 0 fully saturated rings. The maximum absolute atomic E-state index is 12.9. The summed E-state index contributed by atoms with van der Waals surface area (Å²) in [5, 5.41) is 5.49. The third-order valence-electron chi connectivity index (χ3n) is 4.27. The number of aryl methyl sites for hydroxylation is 1. The van der Waals surface area contributed by atoms with Gasteiger partial charge in [0.1, 0.15) is 5.75 Å². The van der Waals surface area contributed by atoms with Gasteiger partial charge in [-0.3, -0.25) is 4.79 Å². The molecule has 3 N–H and O–H groups in total. The molecule has 6 heteroatoms. The van der Waals surface area contributed by atoms with Gasteiger partial charge in [0.05, 0.1) is 22.9 Å². The molecule has 0 aliphatic carbocycles. The number of nitrogens with two attached hydrogens (primary N) is 1. The first-order valence-electron chi connectivity index (χ1n) is 8.10. The molecule has 5 nitrogen and oxygen atoms in total. The lowest BCUT2D eigenvalue weighted by atomic mass is 10.1. The fraction of sp³-hybridized carbons (Fsp3) is 0.100. The summed E-state index contributed by atoms with van der Waals surface area (Å²) >= 11 is 1.40. The predicted molar refractivity (Wildman–Crippen MR) is 107 cm³/mol. The Balaban J connectivity index is 1.73. The van der Waals surface area contributed by atoms with E-state index in [0.29, 0.717) is 22.1 Å². The number of rotatable bonds is 3. The van der Waals surface area contributed by atoms with Crippen LogP contribution in [-0.4, -0.2) is 18.0 Å². The monoisotopic (exact) mass is 363 g/mol. The van der Waals surface area contributed by atoms with Gasteiger partial charge >= 0.3 is 0 Å². The Labute approximate surface area is 154 Å². The lowest BCUT2D eigenvalue weighted by Crippen LogP contribution is -2.13. The van der Waals surface area contributed by atoms with Crippen molar-refractivity contribution in [2.24, 2.45) is 0 Å². The van der Waals surface area contributed by atoms with E-state index in [1.54, 1.807) is 7.11 Å². The van der Waals surface area contributed by atoms with Crippen LogP contribution in [0.15, 0.2) is 48.5 Å². The number of fused-ring (bicyclic) bond motifs is 2. The highest BCUT2D eigenvalue weighted by Gasteiger charge is 2.15. The van der Waals surface area contributed by atoms with Crippen molar-refractivity contribution in [3.8, 4) is 5.75 Å². The van der Waals surface area contributed by atoms with Gasteiger partial charge in [0.15, 0.2) is 5.13 Å². The number of nitrogens with one attached hydrogen (secondary N) is 1. The molecule has 130 valence electrons. The molecule has 0 saturated carbocycles. The number of nitrogen functional groups attached to an aromatic ring is 1. The van der Waals surface area contributed by atoms with Gasteiger partial charge in [-0.2, -0.15) is 0 Å². The Bertz CT molecular complexity index is 1150. The predicted octanol–water partition coefficient (Wildman–Crippen LogP) is 4.60. The average molecular weight is 363 g/mol. The third-order valence-corrected chi connectivity index (χ3v) is 5.10. The van der Waals surface area contributed by atoms with Crippen LogP contribution in [-0.2, 0) is 0 Å². The Kier molecular flexibility index (Phi) is 3.97. The van der Waals surface area contributed by atoms with Gasteiger partial charge in [0, 0.05) is 5.69 Å². The van der Waals surface area contributed by atoms with Crippen LogP contribution in [0.25, 0.3) is 21.0 Å². The molecule has 0 saturated heterocycles. The zero-order valence-electron chi connectivity index (χ0n) is 14.4. The minimum absolute atomic E-state index is 0.219. The smallest absolute Gasteiger partial charge is 0.259 e. The molecule has 0 aliphatic rings. The van der Waals surface area contributed by atoms with E-state index >= 15 is 0 Å². The molecular formula is C20H17N3O2S. The highest BCUT2D eigenvalue weighted by molar-refractivity contribution is 7.22. The molecule has 0 aliphatic heterocycles. The highest BCUT2D eigenvalue weighted by atomic mass is 32.1. The van der Waals surface area contributed by atoms with Crippen LogP contribution in [0.2, 0.25) is 0 Å². The van der Waals surface area contributed by atoms with Crippen LogP contribution < -0.4 is 15.8 Å². The van der Waals surface area contributed by atoms with E-state index in [1.165, 1.54) is 11.3 Å². The third kappa shape index (κ3) is 2.84. The van der Waals surface area contributed by atoms with Crippen molar-refractivity contribution in [3.05, 3.63) is 59.7 Å². The summed E-state index contributed by atoms with van der Waals surface area (Å²) < 4.78 is 6.37. The number of hydrogen-bond donors (Lipinski definition) is 2. The van der Waals surface area contributed by atoms with Crippen molar-refractivity contribution in [1.29, 1.82) is 0 Å². The van der Waals surface area contributed by atoms with Gasteiger partial charge in [0.25, 0.3) is 5.91 Å². The number of benzene rings is 3. The topological polar surface area (TPSA) is 77.2 Å². The summed E-state index contributed by atoms with van der Waals surface area (Å²) in [7, 11) is 1.57.